The largest absolute Gasteiger partial charge is 0.383 e. The minimum Gasteiger partial charge on any atom is -0.383 e. The van der Waals surface area contributed by atoms with Gasteiger partial charge in [0.2, 0.25) is 0 Å². The van der Waals surface area contributed by atoms with Crippen LogP contribution in [-0.2, 0) is 6.42 Å². The monoisotopic (exact) mass is 263 g/mol. The number of nitrogens with zero attached hydrogens (tertiary/aromatic N) is 2. The molecule has 2 aromatic rings. The standard InChI is InChI=1S/C13H14FN3S/c1-3-11-16-12(15)8(2)13(17-11)18-10-6-4-9(14)5-7-10/h4-7H,3H2,1-2H3,(H2,15,16,17). The first kappa shape index (κ1) is 12.8. The third-order valence-electron chi connectivity index (χ3n) is 2.53. The predicted molar refractivity (Wildman–Crippen MR) is 71.1 cm³/mol. The fourth-order valence-electron chi connectivity index (χ4n) is 1.43. The summed E-state index contributed by atoms with van der Waals surface area (Å²) in [7, 11) is 0. The molecule has 1 aromatic carbocycles. The van der Waals surface area contributed by atoms with Crippen LogP contribution in [0.2, 0.25) is 0 Å². The van der Waals surface area contributed by atoms with Crippen molar-refractivity contribution in [3.63, 3.8) is 0 Å². The van der Waals surface area contributed by atoms with Crippen molar-refractivity contribution < 1.29 is 4.39 Å². The number of nitrogen functional groups attached to an aromatic ring is 1. The molecular weight excluding hydrogens is 249 g/mol. The van der Waals surface area contributed by atoms with Crippen LogP contribution in [0.15, 0.2) is 34.2 Å². The number of anilines is 1. The number of rotatable bonds is 3. The molecule has 0 unspecified atom stereocenters. The van der Waals surface area contributed by atoms with Gasteiger partial charge in [0.25, 0.3) is 0 Å². The van der Waals surface area contributed by atoms with E-state index in [4.69, 9.17) is 5.73 Å². The summed E-state index contributed by atoms with van der Waals surface area (Å²) in [6, 6.07) is 6.32. The van der Waals surface area contributed by atoms with Crippen molar-refractivity contribution >= 4 is 17.6 Å². The highest BCUT2D eigenvalue weighted by Crippen LogP contribution is 2.30. The lowest BCUT2D eigenvalue weighted by Crippen LogP contribution is -2.03. The van der Waals surface area contributed by atoms with Crippen molar-refractivity contribution in [1.29, 1.82) is 0 Å². The lowest BCUT2D eigenvalue weighted by atomic mass is 10.3. The normalized spacial score (nSPS) is 10.6. The molecule has 0 fully saturated rings. The average molecular weight is 263 g/mol. The molecule has 0 aliphatic carbocycles. The average Bonchev–Trinajstić information content (AvgIpc) is 2.37. The number of nitrogens with two attached hydrogens (primary N) is 1. The summed E-state index contributed by atoms with van der Waals surface area (Å²) in [5.74, 6) is 0.988. The van der Waals surface area contributed by atoms with E-state index >= 15 is 0 Å². The first-order chi connectivity index (χ1) is 8.60. The molecular formula is C13H14FN3S. The molecule has 0 bridgehead atoms. The molecule has 0 atom stereocenters. The fourth-order valence-corrected chi connectivity index (χ4v) is 2.33. The van der Waals surface area contributed by atoms with Crippen LogP contribution in [0.4, 0.5) is 10.2 Å². The summed E-state index contributed by atoms with van der Waals surface area (Å²) in [4.78, 5) is 9.58. The van der Waals surface area contributed by atoms with Gasteiger partial charge in [0.05, 0.1) is 0 Å². The summed E-state index contributed by atoms with van der Waals surface area (Å²) < 4.78 is 12.8. The highest BCUT2D eigenvalue weighted by Gasteiger charge is 2.09. The van der Waals surface area contributed by atoms with Gasteiger partial charge in [0, 0.05) is 16.9 Å². The molecule has 0 saturated carbocycles. The van der Waals surface area contributed by atoms with Gasteiger partial charge in [-0.05, 0) is 31.2 Å². The fraction of sp³-hybridized carbons (Fsp3) is 0.231. The molecule has 0 aliphatic rings. The summed E-state index contributed by atoms with van der Waals surface area (Å²) in [5, 5.41) is 0.825. The maximum absolute atomic E-state index is 12.8. The maximum Gasteiger partial charge on any atom is 0.131 e. The highest BCUT2D eigenvalue weighted by atomic mass is 32.2. The van der Waals surface area contributed by atoms with Gasteiger partial charge in [-0.25, -0.2) is 14.4 Å². The first-order valence-electron chi connectivity index (χ1n) is 5.66. The van der Waals surface area contributed by atoms with Crippen molar-refractivity contribution in [3.05, 3.63) is 41.5 Å². The van der Waals surface area contributed by atoms with Crippen molar-refractivity contribution in [1.82, 2.24) is 9.97 Å². The van der Waals surface area contributed by atoms with E-state index in [9.17, 15) is 4.39 Å². The van der Waals surface area contributed by atoms with Crippen molar-refractivity contribution in [2.24, 2.45) is 0 Å². The second kappa shape index (κ2) is 5.35. The van der Waals surface area contributed by atoms with E-state index in [1.807, 2.05) is 13.8 Å². The van der Waals surface area contributed by atoms with Crippen LogP contribution in [-0.4, -0.2) is 9.97 Å². The lowest BCUT2D eigenvalue weighted by molar-refractivity contribution is 0.626. The lowest BCUT2D eigenvalue weighted by Gasteiger charge is -2.08. The highest BCUT2D eigenvalue weighted by molar-refractivity contribution is 7.99. The van der Waals surface area contributed by atoms with Gasteiger partial charge < -0.3 is 5.73 Å². The van der Waals surface area contributed by atoms with E-state index < -0.39 is 0 Å². The van der Waals surface area contributed by atoms with Crippen LogP contribution in [0.25, 0.3) is 0 Å². The Morgan fingerprint density at radius 2 is 1.89 bits per heavy atom. The molecule has 3 nitrogen and oxygen atoms in total. The van der Waals surface area contributed by atoms with Gasteiger partial charge in [-0.15, -0.1) is 0 Å². The van der Waals surface area contributed by atoms with E-state index in [2.05, 4.69) is 9.97 Å². The number of hydrogen-bond acceptors (Lipinski definition) is 4. The zero-order valence-corrected chi connectivity index (χ0v) is 11.1. The summed E-state index contributed by atoms with van der Waals surface area (Å²) in [5.41, 5.74) is 6.71. The number of benzene rings is 1. The number of aromatic nitrogens is 2. The van der Waals surface area contributed by atoms with Crippen molar-refractivity contribution in [2.45, 2.75) is 30.2 Å². The molecule has 0 amide bonds. The third-order valence-corrected chi connectivity index (χ3v) is 3.63. The second-order valence-corrected chi connectivity index (χ2v) is 4.93. The molecule has 1 aromatic heterocycles. The third kappa shape index (κ3) is 2.79. The minimum absolute atomic E-state index is 0.243. The molecule has 0 aliphatic heterocycles. The molecule has 1 heterocycles. The van der Waals surface area contributed by atoms with Crippen molar-refractivity contribution in [3.8, 4) is 0 Å². The Morgan fingerprint density at radius 1 is 1.22 bits per heavy atom. The van der Waals surface area contributed by atoms with Gasteiger partial charge in [-0.3, -0.25) is 0 Å². The van der Waals surface area contributed by atoms with E-state index in [-0.39, 0.29) is 5.82 Å². The Bertz CT molecular complexity index is 555. The smallest absolute Gasteiger partial charge is 0.131 e. The van der Waals surface area contributed by atoms with Crippen LogP contribution in [0.5, 0.6) is 0 Å². The minimum atomic E-state index is -0.243. The van der Waals surface area contributed by atoms with E-state index in [1.54, 1.807) is 12.1 Å². The van der Waals surface area contributed by atoms with Crippen LogP contribution in [0.1, 0.15) is 18.3 Å². The van der Waals surface area contributed by atoms with Crippen LogP contribution in [0, 0.1) is 12.7 Å². The Kier molecular flexibility index (Phi) is 3.81. The van der Waals surface area contributed by atoms with Gasteiger partial charge in [0.15, 0.2) is 0 Å². The van der Waals surface area contributed by atoms with Gasteiger partial charge in [-0.2, -0.15) is 0 Å². The van der Waals surface area contributed by atoms with Crippen molar-refractivity contribution in [2.75, 3.05) is 5.73 Å². The Balaban J connectivity index is 2.33. The number of aryl methyl sites for hydroxylation is 1. The van der Waals surface area contributed by atoms with Crippen LogP contribution < -0.4 is 5.73 Å². The number of hydrogen-bond donors (Lipinski definition) is 1. The molecule has 5 heteroatoms. The SMILES string of the molecule is CCc1nc(N)c(C)c(Sc2ccc(F)cc2)n1. The quantitative estimate of drug-likeness (QED) is 0.864. The van der Waals surface area contributed by atoms with E-state index in [1.165, 1.54) is 23.9 Å². The van der Waals surface area contributed by atoms with E-state index in [0.717, 1.165) is 27.7 Å². The molecule has 2 rings (SSSR count). The molecule has 94 valence electrons. The predicted octanol–water partition coefficient (Wildman–Crippen LogP) is 3.22. The Labute approximate surface area is 110 Å². The zero-order chi connectivity index (χ0) is 13.1. The Morgan fingerprint density at radius 3 is 2.50 bits per heavy atom. The summed E-state index contributed by atoms with van der Waals surface area (Å²) in [6.07, 6.45) is 0.738. The number of halogens is 1. The summed E-state index contributed by atoms with van der Waals surface area (Å²) in [6.45, 7) is 3.87. The van der Waals surface area contributed by atoms with Crippen LogP contribution >= 0.6 is 11.8 Å². The molecule has 18 heavy (non-hydrogen) atoms. The molecule has 2 N–H and O–H groups in total. The molecule has 0 radical (unpaired) electrons. The molecule has 0 spiro atoms. The first-order valence-corrected chi connectivity index (χ1v) is 6.48. The van der Waals surface area contributed by atoms with Crippen LogP contribution in [0.3, 0.4) is 0 Å². The van der Waals surface area contributed by atoms with Gasteiger partial charge >= 0.3 is 0 Å². The zero-order valence-electron chi connectivity index (χ0n) is 10.3. The van der Waals surface area contributed by atoms with Gasteiger partial charge in [0.1, 0.15) is 22.5 Å². The summed E-state index contributed by atoms with van der Waals surface area (Å²) >= 11 is 1.47. The second-order valence-electron chi connectivity index (χ2n) is 3.86. The Hall–Kier alpha value is -1.62. The maximum atomic E-state index is 12.8. The van der Waals surface area contributed by atoms with Gasteiger partial charge in [-0.1, -0.05) is 18.7 Å². The topological polar surface area (TPSA) is 51.8 Å². The van der Waals surface area contributed by atoms with E-state index in [0.29, 0.717) is 5.82 Å². The molecule has 0 saturated heterocycles.